The maximum atomic E-state index is 12.5. The van der Waals surface area contributed by atoms with Crippen molar-refractivity contribution >= 4 is 17.2 Å². The zero-order valence-electron chi connectivity index (χ0n) is 13.2. The lowest BCUT2D eigenvalue weighted by molar-refractivity contribution is -0.131. The second kappa shape index (κ2) is 7.92. The Bertz CT molecular complexity index is 433. The Balaban J connectivity index is 1.98. The Morgan fingerprint density at radius 1 is 1.48 bits per heavy atom. The van der Waals surface area contributed by atoms with Crippen LogP contribution in [0, 0.1) is 5.92 Å². The van der Waals surface area contributed by atoms with Gasteiger partial charge in [0, 0.05) is 18.0 Å². The van der Waals surface area contributed by atoms with Gasteiger partial charge < -0.3 is 9.64 Å². The molecule has 2 heterocycles. The lowest BCUT2D eigenvalue weighted by atomic mass is 10.2. The van der Waals surface area contributed by atoms with E-state index in [0.717, 1.165) is 19.4 Å². The Morgan fingerprint density at radius 3 is 2.90 bits per heavy atom. The van der Waals surface area contributed by atoms with Crippen molar-refractivity contribution in [2.45, 2.75) is 45.8 Å². The molecule has 0 spiro atoms. The van der Waals surface area contributed by atoms with Crippen LogP contribution in [0.5, 0.6) is 0 Å². The average Bonchev–Trinajstić information content (AvgIpc) is 3.05. The van der Waals surface area contributed by atoms with Gasteiger partial charge in [0.1, 0.15) is 6.17 Å². The van der Waals surface area contributed by atoms with Crippen LogP contribution in [0.2, 0.25) is 0 Å². The van der Waals surface area contributed by atoms with Gasteiger partial charge in [0.15, 0.2) is 0 Å². The number of hydrogen-bond donors (Lipinski definition) is 1. The molecule has 0 aliphatic carbocycles. The molecule has 0 saturated carbocycles. The highest BCUT2D eigenvalue weighted by Gasteiger charge is 2.39. The first kappa shape index (κ1) is 16.5. The summed E-state index contributed by atoms with van der Waals surface area (Å²) in [6, 6.07) is 4.07. The maximum absolute atomic E-state index is 12.5. The van der Waals surface area contributed by atoms with Gasteiger partial charge in [0.25, 0.3) is 0 Å². The molecule has 2 rings (SSSR count). The smallest absolute Gasteiger partial charge is 0.241 e. The number of ether oxygens (including phenoxy) is 1. The molecule has 0 radical (unpaired) electrons. The summed E-state index contributed by atoms with van der Waals surface area (Å²) in [6.45, 7) is 8.39. The highest BCUT2D eigenvalue weighted by atomic mass is 32.1. The topological polar surface area (TPSA) is 41.6 Å². The first-order valence-corrected chi connectivity index (χ1v) is 8.69. The van der Waals surface area contributed by atoms with Crippen molar-refractivity contribution in [2.24, 2.45) is 5.92 Å². The van der Waals surface area contributed by atoms with Crippen LogP contribution in [0.15, 0.2) is 17.5 Å². The van der Waals surface area contributed by atoms with Gasteiger partial charge in [-0.2, -0.15) is 0 Å². The molecule has 2 unspecified atom stereocenters. The molecule has 5 heteroatoms. The summed E-state index contributed by atoms with van der Waals surface area (Å²) in [7, 11) is 0. The van der Waals surface area contributed by atoms with E-state index in [1.807, 2.05) is 11.0 Å². The average molecular weight is 310 g/mol. The molecule has 2 atom stereocenters. The van der Waals surface area contributed by atoms with Gasteiger partial charge in [-0.15, -0.1) is 11.3 Å². The minimum Gasteiger partial charge on any atom is -0.379 e. The Hall–Kier alpha value is -0.910. The Labute approximate surface area is 131 Å². The summed E-state index contributed by atoms with van der Waals surface area (Å²) in [5.74, 6) is 0.738. The molecule has 4 nitrogen and oxygen atoms in total. The van der Waals surface area contributed by atoms with E-state index in [1.54, 1.807) is 11.3 Å². The summed E-state index contributed by atoms with van der Waals surface area (Å²) in [5.41, 5.74) is 0. The van der Waals surface area contributed by atoms with Gasteiger partial charge >= 0.3 is 0 Å². The Kier molecular flexibility index (Phi) is 6.21. The fourth-order valence-electron chi connectivity index (χ4n) is 2.58. The van der Waals surface area contributed by atoms with Gasteiger partial charge in [-0.3, -0.25) is 10.1 Å². The molecule has 1 saturated heterocycles. The predicted octanol–water partition coefficient (Wildman–Crippen LogP) is 3.02. The highest BCUT2D eigenvalue weighted by Crippen LogP contribution is 2.29. The van der Waals surface area contributed by atoms with E-state index in [4.69, 9.17) is 4.74 Å². The van der Waals surface area contributed by atoms with E-state index in [0.29, 0.717) is 19.1 Å². The number of nitrogens with zero attached hydrogens (tertiary/aromatic N) is 1. The molecular formula is C16H26N2O2S. The molecule has 0 aromatic carbocycles. The first-order valence-electron chi connectivity index (χ1n) is 7.81. The van der Waals surface area contributed by atoms with Crippen molar-refractivity contribution in [2.75, 3.05) is 19.8 Å². The SMILES string of the molecule is CCCC1NC(c2cccs2)N(CCOCC(C)C)C1=O. The number of amides is 1. The van der Waals surface area contributed by atoms with Crippen LogP contribution in [0.4, 0.5) is 0 Å². The first-order chi connectivity index (χ1) is 10.1. The summed E-state index contributed by atoms with van der Waals surface area (Å²) in [6.07, 6.45) is 1.92. The third-order valence-electron chi connectivity index (χ3n) is 3.57. The third-order valence-corrected chi connectivity index (χ3v) is 4.49. The molecule has 1 fully saturated rings. The van der Waals surface area contributed by atoms with E-state index in [9.17, 15) is 4.79 Å². The molecule has 0 bridgehead atoms. The van der Waals surface area contributed by atoms with Gasteiger partial charge in [-0.1, -0.05) is 33.3 Å². The fraction of sp³-hybridized carbons (Fsp3) is 0.688. The number of hydrogen-bond acceptors (Lipinski definition) is 4. The van der Waals surface area contributed by atoms with E-state index in [-0.39, 0.29) is 18.1 Å². The molecule has 118 valence electrons. The van der Waals surface area contributed by atoms with Crippen molar-refractivity contribution in [3.05, 3.63) is 22.4 Å². The summed E-state index contributed by atoms with van der Waals surface area (Å²) in [5, 5.41) is 5.53. The standard InChI is InChI=1S/C16H26N2O2S/c1-4-6-13-16(19)18(8-9-20-11-12(2)3)15(17-13)14-7-5-10-21-14/h5,7,10,12-13,15,17H,4,6,8-9,11H2,1-3H3. The molecular weight excluding hydrogens is 284 g/mol. The van der Waals surface area contributed by atoms with Crippen molar-refractivity contribution in [3.8, 4) is 0 Å². The molecule has 1 aliphatic rings. The van der Waals surface area contributed by atoms with Crippen molar-refractivity contribution in [1.29, 1.82) is 0 Å². The van der Waals surface area contributed by atoms with Gasteiger partial charge in [0.05, 0.1) is 12.6 Å². The van der Waals surface area contributed by atoms with Crippen LogP contribution in [0.3, 0.4) is 0 Å². The molecule has 1 aromatic rings. The third kappa shape index (κ3) is 4.28. The fourth-order valence-corrected chi connectivity index (χ4v) is 3.37. The largest absolute Gasteiger partial charge is 0.379 e. The van der Waals surface area contributed by atoms with Gasteiger partial charge in [0.2, 0.25) is 5.91 Å². The molecule has 1 N–H and O–H groups in total. The van der Waals surface area contributed by atoms with Crippen molar-refractivity contribution in [1.82, 2.24) is 10.2 Å². The molecule has 1 amide bonds. The monoisotopic (exact) mass is 310 g/mol. The van der Waals surface area contributed by atoms with Crippen LogP contribution in [-0.2, 0) is 9.53 Å². The quantitative estimate of drug-likeness (QED) is 0.751. The molecule has 21 heavy (non-hydrogen) atoms. The second-order valence-electron chi connectivity index (χ2n) is 5.93. The predicted molar refractivity (Wildman–Crippen MR) is 86.3 cm³/mol. The number of nitrogens with one attached hydrogen (secondary N) is 1. The minimum absolute atomic E-state index is 0.0108. The van der Waals surface area contributed by atoms with Crippen molar-refractivity contribution in [3.63, 3.8) is 0 Å². The summed E-state index contributed by atoms with van der Waals surface area (Å²) in [4.78, 5) is 15.7. The van der Waals surface area contributed by atoms with Gasteiger partial charge in [-0.05, 0) is 23.8 Å². The zero-order valence-corrected chi connectivity index (χ0v) is 14.0. The van der Waals surface area contributed by atoms with Crippen LogP contribution < -0.4 is 5.32 Å². The number of thiophene rings is 1. The van der Waals surface area contributed by atoms with Crippen LogP contribution in [-0.4, -0.2) is 36.6 Å². The molecule has 1 aromatic heterocycles. The number of carbonyl (C=O) groups is 1. The lowest BCUT2D eigenvalue weighted by Gasteiger charge is -2.23. The zero-order chi connectivity index (χ0) is 15.2. The van der Waals surface area contributed by atoms with Crippen LogP contribution in [0.1, 0.15) is 44.7 Å². The van der Waals surface area contributed by atoms with E-state index >= 15 is 0 Å². The number of carbonyl (C=O) groups excluding carboxylic acids is 1. The van der Waals surface area contributed by atoms with Gasteiger partial charge in [-0.25, -0.2) is 0 Å². The Morgan fingerprint density at radius 2 is 2.29 bits per heavy atom. The van der Waals surface area contributed by atoms with E-state index in [1.165, 1.54) is 4.88 Å². The van der Waals surface area contributed by atoms with Crippen molar-refractivity contribution < 1.29 is 9.53 Å². The summed E-state index contributed by atoms with van der Waals surface area (Å²) < 4.78 is 5.65. The van der Waals surface area contributed by atoms with E-state index < -0.39 is 0 Å². The lowest BCUT2D eigenvalue weighted by Crippen LogP contribution is -2.34. The number of rotatable bonds is 8. The normalized spacial score (nSPS) is 22.5. The minimum atomic E-state index is -0.0489. The summed E-state index contributed by atoms with van der Waals surface area (Å²) >= 11 is 1.69. The molecule has 1 aliphatic heterocycles. The highest BCUT2D eigenvalue weighted by molar-refractivity contribution is 7.10. The second-order valence-corrected chi connectivity index (χ2v) is 6.91. The van der Waals surface area contributed by atoms with Crippen LogP contribution >= 0.6 is 11.3 Å². The van der Waals surface area contributed by atoms with Crippen LogP contribution in [0.25, 0.3) is 0 Å². The van der Waals surface area contributed by atoms with E-state index in [2.05, 4.69) is 37.5 Å². The maximum Gasteiger partial charge on any atom is 0.241 e.